The molecule has 2 fully saturated rings. The molecular weight excluding hydrogens is 420 g/mol. The van der Waals surface area contributed by atoms with Gasteiger partial charge >= 0.3 is 5.97 Å². The Morgan fingerprint density at radius 2 is 1.84 bits per heavy atom. The van der Waals surface area contributed by atoms with E-state index in [-0.39, 0.29) is 22.7 Å². The zero-order valence-electron chi connectivity index (χ0n) is 19.0. The van der Waals surface area contributed by atoms with E-state index in [1.807, 2.05) is 41.3 Å². The molecule has 0 radical (unpaired) electrons. The lowest BCUT2D eigenvalue weighted by Crippen LogP contribution is -2.50. The van der Waals surface area contributed by atoms with Gasteiger partial charge in [-0.3, -0.25) is 4.79 Å². The fourth-order valence-electron chi connectivity index (χ4n) is 5.20. The molecule has 1 amide bonds. The number of amides is 1. The van der Waals surface area contributed by atoms with E-state index in [1.165, 1.54) is 11.3 Å². The highest BCUT2D eigenvalue weighted by atomic mass is 32.1. The van der Waals surface area contributed by atoms with Crippen LogP contribution in [0.5, 0.6) is 0 Å². The average molecular weight is 455 g/mol. The molecule has 0 bridgehead atoms. The van der Waals surface area contributed by atoms with E-state index in [9.17, 15) is 14.7 Å². The van der Waals surface area contributed by atoms with Gasteiger partial charge in [0.05, 0.1) is 5.69 Å². The fraction of sp³-hybridized carbons (Fsp3) is 0.538. The molecule has 2 unspecified atom stereocenters. The summed E-state index contributed by atoms with van der Waals surface area (Å²) in [6.07, 6.45) is 6.05. The molecule has 1 aliphatic heterocycles. The van der Waals surface area contributed by atoms with Crippen molar-refractivity contribution < 1.29 is 14.7 Å². The maximum Gasteiger partial charge on any atom is 0.348 e. The SMILES string of the molecule is CC1CCC(C(=O)N(c2cc(-c3ccccc3)sc2C(=O)O)C(C)C2CCCNC2)CC1. The molecule has 6 heteroatoms. The Bertz CT molecular complexity index is 928. The number of carboxylic acids is 1. The van der Waals surface area contributed by atoms with E-state index in [4.69, 9.17) is 0 Å². The highest BCUT2D eigenvalue weighted by Crippen LogP contribution is 2.41. The number of carbonyl (C=O) groups excluding carboxylic acids is 1. The van der Waals surface area contributed by atoms with Crippen molar-refractivity contribution in [3.63, 3.8) is 0 Å². The molecule has 1 aromatic heterocycles. The van der Waals surface area contributed by atoms with Crippen molar-refractivity contribution in [3.05, 3.63) is 41.3 Å². The van der Waals surface area contributed by atoms with Gasteiger partial charge in [-0.2, -0.15) is 0 Å². The molecule has 32 heavy (non-hydrogen) atoms. The molecule has 172 valence electrons. The molecular formula is C26H34N2O3S. The Labute approximate surface area is 194 Å². The maximum absolute atomic E-state index is 13.9. The lowest BCUT2D eigenvalue weighted by Gasteiger charge is -2.39. The number of thiophene rings is 1. The van der Waals surface area contributed by atoms with Gasteiger partial charge in [0.25, 0.3) is 0 Å². The molecule has 2 N–H and O–H groups in total. The van der Waals surface area contributed by atoms with Crippen LogP contribution in [0.3, 0.4) is 0 Å². The number of aromatic carboxylic acids is 1. The van der Waals surface area contributed by atoms with Crippen LogP contribution in [0.15, 0.2) is 36.4 Å². The Morgan fingerprint density at radius 3 is 2.47 bits per heavy atom. The predicted molar refractivity (Wildman–Crippen MR) is 130 cm³/mol. The molecule has 0 spiro atoms. The zero-order chi connectivity index (χ0) is 22.7. The quantitative estimate of drug-likeness (QED) is 0.591. The second kappa shape index (κ2) is 10.2. The number of benzene rings is 1. The Morgan fingerprint density at radius 1 is 1.12 bits per heavy atom. The van der Waals surface area contributed by atoms with E-state index < -0.39 is 5.97 Å². The van der Waals surface area contributed by atoms with E-state index in [2.05, 4.69) is 19.2 Å². The average Bonchev–Trinajstić information content (AvgIpc) is 3.26. The molecule has 1 aliphatic carbocycles. The summed E-state index contributed by atoms with van der Waals surface area (Å²) in [7, 11) is 0. The Balaban J connectivity index is 1.74. The molecule has 4 rings (SSSR count). The summed E-state index contributed by atoms with van der Waals surface area (Å²) in [4.78, 5) is 29.2. The first kappa shape index (κ1) is 23.0. The zero-order valence-corrected chi connectivity index (χ0v) is 19.9. The van der Waals surface area contributed by atoms with Crippen LogP contribution in [0.2, 0.25) is 0 Å². The molecule has 5 nitrogen and oxygen atoms in total. The van der Waals surface area contributed by atoms with Crippen LogP contribution in [-0.4, -0.2) is 36.1 Å². The second-order valence-corrected chi connectivity index (χ2v) is 10.6. The second-order valence-electron chi connectivity index (χ2n) is 9.51. The number of piperidine rings is 1. The summed E-state index contributed by atoms with van der Waals surface area (Å²) < 4.78 is 0. The van der Waals surface area contributed by atoms with Crippen molar-refractivity contribution in [1.29, 1.82) is 0 Å². The summed E-state index contributed by atoms with van der Waals surface area (Å²) in [6.45, 7) is 6.23. The number of carbonyl (C=O) groups is 2. The standard InChI is InChI=1S/C26H34N2O3S/c1-17-10-12-20(13-11-17)25(29)28(18(2)21-9-6-14-27-16-21)22-15-23(32-24(22)26(30)31)19-7-4-3-5-8-19/h3-5,7-8,15,17-18,20-21,27H,6,9-14,16H2,1-2H3,(H,30,31). The fourth-order valence-corrected chi connectivity index (χ4v) is 6.20. The van der Waals surface area contributed by atoms with Gasteiger partial charge in [0.2, 0.25) is 5.91 Å². The van der Waals surface area contributed by atoms with Crippen LogP contribution in [0.1, 0.15) is 62.0 Å². The first-order chi connectivity index (χ1) is 15.5. The largest absolute Gasteiger partial charge is 0.477 e. The summed E-state index contributed by atoms with van der Waals surface area (Å²) in [5.74, 6) is 0.0998. The number of carboxylic acid groups (broad SMARTS) is 1. The molecule has 1 saturated heterocycles. The summed E-state index contributed by atoms with van der Waals surface area (Å²) in [5, 5.41) is 13.5. The van der Waals surface area contributed by atoms with Crippen molar-refractivity contribution in [2.24, 2.45) is 17.8 Å². The number of nitrogens with one attached hydrogen (secondary N) is 1. The van der Waals surface area contributed by atoms with Gasteiger partial charge in [0, 0.05) is 16.8 Å². The smallest absolute Gasteiger partial charge is 0.348 e. The monoisotopic (exact) mass is 454 g/mol. The third kappa shape index (κ3) is 4.91. The lowest BCUT2D eigenvalue weighted by atomic mass is 9.81. The maximum atomic E-state index is 13.9. The molecule has 1 aromatic carbocycles. The van der Waals surface area contributed by atoms with Crippen molar-refractivity contribution in [2.45, 2.75) is 58.4 Å². The van der Waals surface area contributed by atoms with Gasteiger partial charge in [0.1, 0.15) is 4.88 Å². The number of anilines is 1. The first-order valence-corrected chi connectivity index (χ1v) is 12.7. The minimum atomic E-state index is -0.962. The van der Waals surface area contributed by atoms with Gasteiger partial charge in [-0.25, -0.2) is 4.79 Å². The molecule has 1 saturated carbocycles. The van der Waals surface area contributed by atoms with Gasteiger partial charge in [-0.15, -0.1) is 11.3 Å². The predicted octanol–water partition coefficient (Wildman–Crippen LogP) is 5.66. The van der Waals surface area contributed by atoms with E-state index in [0.717, 1.165) is 62.1 Å². The van der Waals surface area contributed by atoms with Crippen molar-refractivity contribution in [3.8, 4) is 10.4 Å². The summed E-state index contributed by atoms with van der Waals surface area (Å²) >= 11 is 1.27. The third-order valence-corrected chi connectivity index (χ3v) is 8.41. The molecule has 2 aromatic rings. The van der Waals surface area contributed by atoms with Crippen LogP contribution in [0.25, 0.3) is 10.4 Å². The number of nitrogens with zero attached hydrogens (tertiary/aromatic N) is 1. The van der Waals surface area contributed by atoms with E-state index in [0.29, 0.717) is 17.5 Å². The Kier molecular flexibility index (Phi) is 7.31. The topological polar surface area (TPSA) is 69.6 Å². The van der Waals surface area contributed by atoms with Crippen LogP contribution in [-0.2, 0) is 4.79 Å². The minimum Gasteiger partial charge on any atom is -0.477 e. The molecule has 2 aliphatic rings. The van der Waals surface area contributed by atoms with Gasteiger partial charge in [-0.1, -0.05) is 37.3 Å². The van der Waals surface area contributed by atoms with Gasteiger partial charge in [-0.05, 0) is 82.0 Å². The van der Waals surface area contributed by atoms with Crippen LogP contribution in [0, 0.1) is 17.8 Å². The third-order valence-electron chi connectivity index (χ3n) is 7.25. The highest BCUT2D eigenvalue weighted by molar-refractivity contribution is 7.18. The molecule has 2 heterocycles. The minimum absolute atomic E-state index is 0.0214. The van der Waals surface area contributed by atoms with E-state index >= 15 is 0 Å². The number of hydrogen-bond acceptors (Lipinski definition) is 4. The summed E-state index contributed by atoms with van der Waals surface area (Å²) in [5.41, 5.74) is 1.56. The highest BCUT2D eigenvalue weighted by Gasteiger charge is 2.37. The Hall–Kier alpha value is -2.18. The van der Waals surface area contributed by atoms with Gasteiger partial charge in [0.15, 0.2) is 0 Å². The summed E-state index contributed by atoms with van der Waals surface area (Å²) in [6, 6.07) is 11.7. The van der Waals surface area contributed by atoms with Gasteiger partial charge < -0.3 is 15.3 Å². The number of hydrogen-bond donors (Lipinski definition) is 2. The first-order valence-electron chi connectivity index (χ1n) is 11.9. The normalized spacial score (nSPS) is 24.6. The van der Waals surface area contributed by atoms with E-state index in [1.54, 1.807) is 0 Å². The van der Waals surface area contributed by atoms with Crippen LogP contribution < -0.4 is 10.2 Å². The number of rotatable bonds is 6. The van der Waals surface area contributed by atoms with Crippen molar-refractivity contribution in [1.82, 2.24) is 5.32 Å². The van der Waals surface area contributed by atoms with Crippen molar-refractivity contribution >= 4 is 28.9 Å². The van der Waals surface area contributed by atoms with Crippen LogP contribution in [0.4, 0.5) is 5.69 Å². The van der Waals surface area contributed by atoms with Crippen molar-refractivity contribution in [2.75, 3.05) is 18.0 Å². The lowest BCUT2D eigenvalue weighted by molar-refractivity contribution is -0.124. The van der Waals surface area contributed by atoms with Crippen LogP contribution >= 0.6 is 11.3 Å². The molecule has 2 atom stereocenters.